The molecule has 1 heterocycles. The summed E-state index contributed by atoms with van der Waals surface area (Å²) in [7, 11) is 0. The van der Waals surface area contributed by atoms with Gasteiger partial charge in [-0.15, -0.1) is 0 Å². The fraction of sp³-hybridized carbons (Fsp3) is 0.500. The van der Waals surface area contributed by atoms with Gasteiger partial charge in [0.2, 0.25) is 0 Å². The van der Waals surface area contributed by atoms with Crippen molar-refractivity contribution in [3.05, 3.63) is 23.8 Å². The number of para-hydroxylation sites is 1. The molecule has 1 aromatic carbocycles. The van der Waals surface area contributed by atoms with Crippen LogP contribution in [0.25, 0.3) is 0 Å². The van der Waals surface area contributed by atoms with Gasteiger partial charge in [0.1, 0.15) is 5.60 Å². The van der Waals surface area contributed by atoms with Crippen molar-refractivity contribution in [3.63, 3.8) is 0 Å². The molecular formula is C14H19NO4S. The summed E-state index contributed by atoms with van der Waals surface area (Å²) < 4.78 is 26.2. The second-order valence-corrected chi connectivity index (χ2v) is 6.69. The fourth-order valence-electron chi connectivity index (χ4n) is 2.26. The lowest BCUT2D eigenvalue weighted by Gasteiger charge is -2.32. The zero-order chi connectivity index (χ0) is 14.9. The van der Waals surface area contributed by atoms with Gasteiger partial charge in [-0.05, 0) is 45.2 Å². The van der Waals surface area contributed by atoms with E-state index in [1.165, 1.54) is 4.90 Å². The van der Waals surface area contributed by atoms with Gasteiger partial charge < -0.3 is 9.29 Å². The summed E-state index contributed by atoms with van der Waals surface area (Å²) in [4.78, 5) is 14.0. The molecule has 1 aromatic rings. The van der Waals surface area contributed by atoms with Crippen LogP contribution in [0.15, 0.2) is 23.1 Å². The van der Waals surface area contributed by atoms with E-state index in [0.29, 0.717) is 12.2 Å². The molecule has 0 bridgehead atoms. The molecule has 1 amide bonds. The van der Waals surface area contributed by atoms with Crippen LogP contribution in [0.4, 0.5) is 10.5 Å². The molecule has 0 saturated heterocycles. The molecule has 0 fully saturated rings. The monoisotopic (exact) mass is 297 g/mol. The van der Waals surface area contributed by atoms with Gasteiger partial charge in [-0.3, -0.25) is 4.90 Å². The van der Waals surface area contributed by atoms with Gasteiger partial charge in [-0.2, -0.15) is 0 Å². The van der Waals surface area contributed by atoms with E-state index in [9.17, 15) is 13.6 Å². The molecule has 20 heavy (non-hydrogen) atoms. The largest absolute Gasteiger partial charge is 0.443 e. The molecule has 1 aliphatic heterocycles. The Labute approximate surface area is 121 Å². The van der Waals surface area contributed by atoms with Crippen molar-refractivity contribution in [2.24, 2.45) is 0 Å². The summed E-state index contributed by atoms with van der Waals surface area (Å²) in [6.45, 7) is 5.89. The number of nitrogens with zero attached hydrogens (tertiary/aromatic N) is 1. The number of fused-ring (bicyclic) bond motifs is 1. The van der Waals surface area contributed by atoms with E-state index < -0.39 is 22.8 Å². The zero-order valence-electron chi connectivity index (χ0n) is 11.9. The van der Waals surface area contributed by atoms with Gasteiger partial charge in [-0.1, -0.05) is 12.1 Å². The van der Waals surface area contributed by atoms with E-state index in [0.717, 1.165) is 18.4 Å². The van der Waals surface area contributed by atoms with Crippen LogP contribution in [-0.4, -0.2) is 27.0 Å². The summed E-state index contributed by atoms with van der Waals surface area (Å²) in [5.41, 5.74) is 0.831. The van der Waals surface area contributed by atoms with Gasteiger partial charge in [0.25, 0.3) is 0 Å². The maximum Gasteiger partial charge on any atom is 0.414 e. The van der Waals surface area contributed by atoms with Crippen molar-refractivity contribution < 1.29 is 18.3 Å². The number of hydrogen-bond donors (Lipinski definition) is 1. The van der Waals surface area contributed by atoms with E-state index in [-0.39, 0.29) is 4.90 Å². The normalized spacial score (nSPS) is 16.5. The number of aryl methyl sites for hydroxylation is 1. The number of benzene rings is 1. The van der Waals surface area contributed by atoms with E-state index in [1.807, 2.05) is 6.07 Å². The number of amides is 1. The predicted octanol–water partition coefficient (Wildman–Crippen LogP) is 2.95. The molecular weight excluding hydrogens is 278 g/mol. The van der Waals surface area contributed by atoms with Crippen LogP contribution in [-0.2, 0) is 22.2 Å². The summed E-state index contributed by atoms with van der Waals surface area (Å²) in [6.07, 6.45) is 1.13. The molecule has 0 spiro atoms. The van der Waals surface area contributed by atoms with Crippen LogP contribution in [0.5, 0.6) is 0 Å². The second kappa shape index (κ2) is 5.54. The van der Waals surface area contributed by atoms with Gasteiger partial charge in [0.05, 0.1) is 10.6 Å². The predicted molar refractivity (Wildman–Crippen MR) is 77.4 cm³/mol. The zero-order valence-corrected chi connectivity index (χ0v) is 12.7. The standard InChI is InChI=1S/C14H19NO4S/c1-14(2,3)19-13(16)15-9-5-7-10-6-4-8-11(12(10)15)20(17)18/h4,6,8H,5,7,9H2,1-3H3,(H,17,18). The number of hydrogen-bond acceptors (Lipinski definition) is 3. The van der Waals surface area contributed by atoms with Crippen LogP contribution < -0.4 is 4.90 Å². The summed E-state index contributed by atoms with van der Waals surface area (Å²) >= 11 is -2.13. The van der Waals surface area contributed by atoms with Gasteiger partial charge >= 0.3 is 6.09 Å². The molecule has 0 saturated carbocycles. The van der Waals surface area contributed by atoms with Crippen molar-refractivity contribution >= 4 is 22.9 Å². The minimum atomic E-state index is -2.13. The lowest BCUT2D eigenvalue weighted by Crippen LogP contribution is -2.40. The molecule has 0 aliphatic carbocycles. The van der Waals surface area contributed by atoms with Gasteiger partial charge in [0.15, 0.2) is 11.1 Å². The first-order chi connectivity index (χ1) is 9.29. The lowest BCUT2D eigenvalue weighted by atomic mass is 10.0. The highest BCUT2D eigenvalue weighted by Crippen LogP contribution is 2.33. The highest BCUT2D eigenvalue weighted by molar-refractivity contribution is 7.79. The van der Waals surface area contributed by atoms with E-state index in [2.05, 4.69) is 0 Å². The Balaban J connectivity index is 2.41. The Bertz CT molecular complexity index is 551. The number of ether oxygens (including phenoxy) is 1. The molecule has 1 atom stereocenters. The summed E-state index contributed by atoms with van der Waals surface area (Å²) in [5.74, 6) is 0. The number of carbonyl (C=O) groups is 1. The Hall–Kier alpha value is -1.40. The molecule has 0 aromatic heterocycles. The smallest absolute Gasteiger partial charge is 0.414 e. The Morgan fingerprint density at radius 2 is 2.10 bits per heavy atom. The van der Waals surface area contributed by atoms with Crippen molar-refractivity contribution in [2.45, 2.75) is 44.1 Å². The third-order valence-corrected chi connectivity index (χ3v) is 3.69. The number of anilines is 1. The molecule has 1 unspecified atom stereocenters. The molecule has 110 valence electrons. The van der Waals surface area contributed by atoms with Crippen LogP contribution >= 0.6 is 0 Å². The molecule has 6 heteroatoms. The lowest BCUT2D eigenvalue weighted by molar-refractivity contribution is 0.0577. The number of rotatable bonds is 1. The maximum absolute atomic E-state index is 12.3. The first kappa shape index (κ1) is 15.0. The van der Waals surface area contributed by atoms with Crippen molar-refractivity contribution in [3.8, 4) is 0 Å². The minimum absolute atomic E-state index is 0.257. The Morgan fingerprint density at radius 3 is 2.70 bits per heavy atom. The van der Waals surface area contributed by atoms with Crippen LogP contribution in [0, 0.1) is 0 Å². The second-order valence-electron chi connectivity index (χ2n) is 5.75. The minimum Gasteiger partial charge on any atom is -0.443 e. The average molecular weight is 297 g/mol. The van der Waals surface area contributed by atoms with Crippen molar-refractivity contribution in [1.82, 2.24) is 0 Å². The maximum atomic E-state index is 12.3. The highest BCUT2D eigenvalue weighted by atomic mass is 32.2. The highest BCUT2D eigenvalue weighted by Gasteiger charge is 2.30. The molecule has 1 N–H and O–H groups in total. The van der Waals surface area contributed by atoms with Crippen LogP contribution in [0.3, 0.4) is 0 Å². The number of carbonyl (C=O) groups excluding carboxylic acids is 1. The molecule has 0 radical (unpaired) electrons. The van der Waals surface area contributed by atoms with E-state index >= 15 is 0 Å². The third-order valence-electron chi connectivity index (χ3n) is 2.98. The Morgan fingerprint density at radius 1 is 1.40 bits per heavy atom. The van der Waals surface area contributed by atoms with Crippen LogP contribution in [0.2, 0.25) is 0 Å². The van der Waals surface area contributed by atoms with Gasteiger partial charge in [0, 0.05) is 6.54 Å². The first-order valence-electron chi connectivity index (χ1n) is 6.53. The van der Waals surface area contributed by atoms with Gasteiger partial charge in [-0.25, -0.2) is 9.00 Å². The summed E-state index contributed by atoms with van der Waals surface area (Å²) in [5, 5.41) is 0. The van der Waals surface area contributed by atoms with Crippen molar-refractivity contribution in [2.75, 3.05) is 11.4 Å². The van der Waals surface area contributed by atoms with Crippen molar-refractivity contribution in [1.29, 1.82) is 0 Å². The third kappa shape index (κ3) is 3.19. The molecule has 5 nitrogen and oxygen atoms in total. The summed E-state index contributed by atoms with van der Waals surface area (Å²) in [6, 6.07) is 5.18. The quantitative estimate of drug-likeness (QED) is 0.809. The fourth-order valence-corrected chi connectivity index (χ4v) is 2.86. The topological polar surface area (TPSA) is 66.8 Å². The van der Waals surface area contributed by atoms with E-state index in [1.54, 1.807) is 32.9 Å². The Kier molecular flexibility index (Phi) is 4.15. The first-order valence-corrected chi connectivity index (χ1v) is 7.63. The average Bonchev–Trinajstić information content (AvgIpc) is 2.35. The molecule has 1 aliphatic rings. The van der Waals surface area contributed by atoms with E-state index in [4.69, 9.17) is 4.74 Å². The van der Waals surface area contributed by atoms with Crippen LogP contribution in [0.1, 0.15) is 32.8 Å². The molecule has 2 rings (SSSR count). The SMILES string of the molecule is CC(C)(C)OC(=O)N1CCCc2cccc(S(=O)O)c21.